The van der Waals surface area contributed by atoms with Crippen molar-refractivity contribution in [3.8, 4) is 0 Å². The Labute approximate surface area is 118 Å². The maximum Gasteiger partial charge on any atom is 0.223 e. The zero-order chi connectivity index (χ0) is 14.9. The summed E-state index contributed by atoms with van der Waals surface area (Å²) in [7, 11) is -3.32. The summed E-state index contributed by atoms with van der Waals surface area (Å²) < 4.78 is 28.6. The molecule has 0 saturated heterocycles. The van der Waals surface area contributed by atoms with Crippen LogP contribution in [-0.4, -0.2) is 18.6 Å². The minimum atomic E-state index is -3.32. The number of hydrogen-bond donors (Lipinski definition) is 0. The van der Waals surface area contributed by atoms with Gasteiger partial charge in [-0.25, -0.2) is 8.42 Å². The fourth-order valence-corrected chi connectivity index (χ4v) is 3.35. The van der Waals surface area contributed by atoms with E-state index in [9.17, 15) is 8.42 Å². The largest absolute Gasteiger partial charge is 0.340 e. The number of nitrogens with zero attached hydrogens (tertiary/aromatic N) is 2. The van der Waals surface area contributed by atoms with Crippen molar-refractivity contribution in [2.75, 3.05) is 0 Å². The molecule has 2 aromatic heterocycles. The summed E-state index contributed by atoms with van der Waals surface area (Å²) >= 11 is 1.18. The summed E-state index contributed by atoms with van der Waals surface area (Å²) in [6.07, 6.45) is 0. The highest BCUT2D eigenvalue weighted by Gasteiger charge is 2.19. The van der Waals surface area contributed by atoms with Crippen molar-refractivity contribution < 1.29 is 12.9 Å². The molecule has 7 heteroatoms. The molecule has 2 heterocycles. The van der Waals surface area contributed by atoms with E-state index in [-0.39, 0.29) is 11.6 Å². The first-order valence-electron chi connectivity index (χ1n) is 6.13. The van der Waals surface area contributed by atoms with Crippen LogP contribution in [0.5, 0.6) is 0 Å². The van der Waals surface area contributed by atoms with E-state index >= 15 is 0 Å². The third-order valence-electron chi connectivity index (χ3n) is 1.69. The molecule has 0 unspecified atom stereocenters. The molecule has 0 N–H and O–H groups in total. The van der Waals surface area contributed by atoms with Gasteiger partial charge in [-0.05, 0) is 11.4 Å². The predicted molar refractivity (Wildman–Crippen MR) is 76.9 cm³/mol. The van der Waals surface area contributed by atoms with Crippen LogP contribution in [0.3, 0.4) is 0 Å². The Hall–Kier alpha value is -1.21. The lowest BCUT2D eigenvalue weighted by Crippen LogP contribution is -2.04. The number of thiophene rings is 1. The standard InChI is InChI=1S/C8H8N2O3S2.2C2H6/c1-6-9-7(10-13-6)5-15(11,12)8-3-2-4-14-8;2*1-2/h2-4H,5H2,1H3;2*1-2H3. The van der Waals surface area contributed by atoms with Crippen LogP contribution >= 0.6 is 11.3 Å². The fourth-order valence-electron chi connectivity index (χ4n) is 1.08. The van der Waals surface area contributed by atoms with E-state index in [1.807, 2.05) is 27.7 Å². The highest BCUT2D eigenvalue weighted by molar-refractivity contribution is 7.92. The first-order chi connectivity index (χ1) is 9.08. The van der Waals surface area contributed by atoms with Crippen LogP contribution < -0.4 is 0 Å². The van der Waals surface area contributed by atoms with Gasteiger partial charge in [-0.15, -0.1) is 11.3 Å². The summed E-state index contributed by atoms with van der Waals surface area (Å²) in [5.74, 6) is 0.345. The van der Waals surface area contributed by atoms with Crippen LogP contribution in [0.2, 0.25) is 0 Å². The van der Waals surface area contributed by atoms with Gasteiger partial charge in [0.2, 0.25) is 5.89 Å². The van der Waals surface area contributed by atoms with E-state index in [1.165, 1.54) is 11.3 Å². The van der Waals surface area contributed by atoms with E-state index in [0.717, 1.165) is 0 Å². The summed E-state index contributed by atoms with van der Waals surface area (Å²) in [6.45, 7) is 9.62. The third kappa shape index (κ3) is 5.52. The van der Waals surface area contributed by atoms with Crippen LogP contribution in [0.4, 0.5) is 0 Å². The van der Waals surface area contributed by atoms with Gasteiger partial charge in [0.25, 0.3) is 0 Å². The van der Waals surface area contributed by atoms with Gasteiger partial charge in [-0.2, -0.15) is 4.98 Å². The molecule has 0 radical (unpaired) electrons. The van der Waals surface area contributed by atoms with Crippen LogP contribution in [0.15, 0.2) is 26.2 Å². The molecule has 0 aliphatic heterocycles. The molecule has 5 nitrogen and oxygen atoms in total. The van der Waals surface area contributed by atoms with Crippen molar-refractivity contribution in [3.63, 3.8) is 0 Å². The SMILES string of the molecule is CC.CC.Cc1nc(CS(=O)(=O)c2cccs2)no1. The lowest BCUT2D eigenvalue weighted by Gasteiger charge is -1.95. The molecule has 0 spiro atoms. The number of aryl methyl sites for hydroxylation is 1. The molecular weight excluding hydrogens is 284 g/mol. The second-order valence-electron chi connectivity index (χ2n) is 2.92. The average Bonchev–Trinajstić information content (AvgIpc) is 3.06. The van der Waals surface area contributed by atoms with Gasteiger partial charge in [0.1, 0.15) is 9.96 Å². The van der Waals surface area contributed by atoms with Crippen molar-refractivity contribution in [3.05, 3.63) is 29.2 Å². The minimum absolute atomic E-state index is 0.195. The molecule has 0 fully saturated rings. The molecule has 0 bridgehead atoms. The monoisotopic (exact) mass is 304 g/mol. The van der Waals surface area contributed by atoms with Crippen molar-refractivity contribution in [1.29, 1.82) is 0 Å². The molecule has 0 amide bonds. The molecule has 0 saturated carbocycles. The van der Waals surface area contributed by atoms with Crippen LogP contribution in [0.25, 0.3) is 0 Å². The van der Waals surface area contributed by atoms with Gasteiger partial charge in [0.15, 0.2) is 15.7 Å². The Balaban J connectivity index is 0.000000741. The Bertz CT molecular complexity index is 545. The number of aromatic nitrogens is 2. The van der Waals surface area contributed by atoms with Crippen LogP contribution in [-0.2, 0) is 15.6 Å². The molecular formula is C12H20N2O3S2. The smallest absolute Gasteiger partial charge is 0.223 e. The summed E-state index contributed by atoms with van der Waals surface area (Å²) in [4.78, 5) is 3.85. The van der Waals surface area contributed by atoms with Crippen molar-refractivity contribution >= 4 is 21.2 Å². The Kier molecular flexibility index (Phi) is 8.26. The lowest BCUT2D eigenvalue weighted by atomic mass is 10.7. The first-order valence-corrected chi connectivity index (χ1v) is 8.66. The number of hydrogen-bond acceptors (Lipinski definition) is 6. The molecule has 0 aromatic carbocycles. The van der Waals surface area contributed by atoms with Crippen molar-refractivity contribution in [2.24, 2.45) is 0 Å². The fraction of sp³-hybridized carbons (Fsp3) is 0.500. The topological polar surface area (TPSA) is 73.1 Å². The number of sulfone groups is 1. The predicted octanol–water partition coefficient (Wildman–Crippen LogP) is 3.47. The van der Waals surface area contributed by atoms with Gasteiger partial charge in [0, 0.05) is 6.92 Å². The normalized spacial score (nSPS) is 9.95. The number of rotatable bonds is 3. The summed E-state index contributed by atoms with van der Waals surface area (Å²) in [5.41, 5.74) is 0. The Morgan fingerprint density at radius 3 is 2.32 bits per heavy atom. The maximum atomic E-state index is 11.8. The van der Waals surface area contributed by atoms with Crippen molar-refractivity contribution in [1.82, 2.24) is 10.1 Å². The zero-order valence-electron chi connectivity index (χ0n) is 11.9. The second-order valence-corrected chi connectivity index (χ2v) is 6.08. The van der Waals surface area contributed by atoms with Gasteiger partial charge in [-0.3, -0.25) is 0 Å². The molecule has 108 valence electrons. The lowest BCUT2D eigenvalue weighted by molar-refractivity contribution is 0.388. The van der Waals surface area contributed by atoms with Gasteiger partial charge in [-0.1, -0.05) is 38.9 Å². The Morgan fingerprint density at radius 1 is 1.26 bits per heavy atom. The van der Waals surface area contributed by atoms with E-state index in [1.54, 1.807) is 24.4 Å². The average molecular weight is 304 g/mol. The highest BCUT2D eigenvalue weighted by atomic mass is 32.2. The van der Waals surface area contributed by atoms with Crippen LogP contribution in [0.1, 0.15) is 39.4 Å². The minimum Gasteiger partial charge on any atom is -0.340 e. The van der Waals surface area contributed by atoms with E-state index in [4.69, 9.17) is 4.52 Å². The molecule has 2 rings (SSSR count). The second kappa shape index (κ2) is 8.82. The summed E-state index contributed by atoms with van der Waals surface area (Å²) in [6, 6.07) is 3.26. The van der Waals surface area contributed by atoms with Crippen molar-refractivity contribution in [2.45, 2.75) is 44.6 Å². The first kappa shape index (κ1) is 17.8. The summed E-state index contributed by atoms with van der Waals surface area (Å²) in [5, 5.41) is 5.27. The molecule has 0 atom stereocenters. The zero-order valence-corrected chi connectivity index (χ0v) is 13.5. The third-order valence-corrected chi connectivity index (χ3v) is 4.79. The maximum absolute atomic E-state index is 11.8. The quantitative estimate of drug-likeness (QED) is 0.868. The molecule has 0 aliphatic carbocycles. The van der Waals surface area contributed by atoms with Gasteiger partial charge in [0.05, 0.1) is 0 Å². The molecule has 2 aromatic rings. The highest BCUT2D eigenvalue weighted by Crippen LogP contribution is 2.19. The van der Waals surface area contributed by atoms with E-state index < -0.39 is 9.84 Å². The Morgan fingerprint density at radius 2 is 1.89 bits per heavy atom. The van der Waals surface area contributed by atoms with Gasteiger partial charge >= 0.3 is 0 Å². The van der Waals surface area contributed by atoms with E-state index in [2.05, 4.69) is 10.1 Å². The molecule has 0 aliphatic rings. The van der Waals surface area contributed by atoms with Gasteiger partial charge < -0.3 is 4.52 Å². The van der Waals surface area contributed by atoms with E-state index in [0.29, 0.717) is 10.1 Å². The molecule has 19 heavy (non-hydrogen) atoms. The van der Waals surface area contributed by atoms with Crippen LogP contribution in [0, 0.1) is 6.92 Å².